The van der Waals surface area contributed by atoms with Crippen molar-refractivity contribution >= 4 is 23.5 Å². The third-order valence-corrected chi connectivity index (χ3v) is 6.89. The standard InChI is InChI=1S/C27H30O13/c28-18-9-3-5-11-26(18,35)24(33)37-13-15-7-1-2-8-16(15)39-23-22(32)21(31)20(30)17(40-23)14-38-25(34)27(36)12-6-4-10-19(27)29/h1-2,5-8,11-12,17,20-23,30-32,35-36H,3-4,9-10,13-14H2. The molecular weight excluding hydrogens is 532 g/mol. The molecule has 0 bridgehead atoms. The maximum absolute atomic E-state index is 12.5. The van der Waals surface area contributed by atoms with Gasteiger partial charge in [0.25, 0.3) is 0 Å². The highest BCUT2D eigenvalue weighted by Gasteiger charge is 2.48. The van der Waals surface area contributed by atoms with Crippen LogP contribution in [0.3, 0.4) is 0 Å². The summed E-state index contributed by atoms with van der Waals surface area (Å²) >= 11 is 0. The molecule has 2 aliphatic carbocycles. The van der Waals surface area contributed by atoms with Gasteiger partial charge in [-0.05, 0) is 31.1 Å². The molecule has 13 heteroatoms. The predicted octanol–water partition coefficient (Wildman–Crippen LogP) is -1.24. The number of ether oxygens (including phenoxy) is 4. The molecule has 0 radical (unpaired) electrons. The van der Waals surface area contributed by atoms with Gasteiger partial charge in [-0.1, -0.05) is 30.4 Å². The third kappa shape index (κ3) is 5.84. The summed E-state index contributed by atoms with van der Waals surface area (Å²) in [7, 11) is 0. The minimum Gasteiger partial charge on any atom is -0.462 e. The highest BCUT2D eigenvalue weighted by Crippen LogP contribution is 2.29. The summed E-state index contributed by atoms with van der Waals surface area (Å²) in [5.41, 5.74) is -4.63. The van der Waals surface area contributed by atoms with E-state index in [2.05, 4.69) is 0 Å². The zero-order valence-corrected chi connectivity index (χ0v) is 21.3. The Balaban J connectivity index is 1.42. The second-order valence-corrected chi connectivity index (χ2v) is 9.68. The van der Waals surface area contributed by atoms with E-state index < -0.39 is 78.6 Å². The minimum atomic E-state index is -2.48. The Hall–Kier alpha value is -3.46. The lowest BCUT2D eigenvalue weighted by molar-refractivity contribution is -0.279. The van der Waals surface area contributed by atoms with Gasteiger partial charge in [-0.15, -0.1) is 0 Å². The fraction of sp³-hybridized carbons (Fsp3) is 0.481. The quantitative estimate of drug-likeness (QED) is 0.143. The molecule has 7 unspecified atom stereocenters. The van der Waals surface area contributed by atoms with Crippen LogP contribution in [0.25, 0.3) is 0 Å². The van der Waals surface area contributed by atoms with Crippen molar-refractivity contribution in [3.8, 4) is 5.75 Å². The molecule has 0 spiro atoms. The fourth-order valence-corrected chi connectivity index (χ4v) is 4.40. The summed E-state index contributed by atoms with van der Waals surface area (Å²) < 4.78 is 21.4. The first-order valence-corrected chi connectivity index (χ1v) is 12.6. The highest BCUT2D eigenvalue weighted by atomic mass is 16.7. The van der Waals surface area contributed by atoms with Crippen molar-refractivity contribution in [3.05, 3.63) is 54.1 Å². The zero-order chi connectivity index (χ0) is 29.1. The van der Waals surface area contributed by atoms with Crippen LogP contribution in [0.15, 0.2) is 48.6 Å². The van der Waals surface area contributed by atoms with Crippen molar-refractivity contribution in [3.63, 3.8) is 0 Å². The summed E-state index contributed by atoms with van der Waals surface area (Å²) in [4.78, 5) is 49.0. The maximum Gasteiger partial charge on any atom is 0.350 e. The number of aliphatic hydroxyl groups is 5. The first-order valence-electron chi connectivity index (χ1n) is 12.6. The van der Waals surface area contributed by atoms with Gasteiger partial charge in [-0.2, -0.15) is 0 Å². The van der Waals surface area contributed by atoms with E-state index >= 15 is 0 Å². The van der Waals surface area contributed by atoms with E-state index in [1.165, 1.54) is 24.3 Å². The number of hydrogen-bond acceptors (Lipinski definition) is 13. The number of carbonyl (C=O) groups excluding carboxylic acids is 4. The minimum absolute atomic E-state index is 0.0182. The van der Waals surface area contributed by atoms with E-state index in [9.17, 15) is 44.7 Å². The average molecular weight is 563 g/mol. The maximum atomic E-state index is 12.5. The summed E-state index contributed by atoms with van der Waals surface area (Å²) in [6.07, 6.45) is -2.61. The predicted molar refractivity (Wildman–Crippen MR) is 131 cm³/mol. The molecule has 7 atom stereocenters. The van der Waals surface area contributed by atoms with Crippen LogP contribution in [-0.2, 0) is 40.0 Å². The molecule has 3 aliphatic rings. The fourth-order valence-electron chi connectivity index (χ4n) is 4.40. The van der Waals surface area contributed by atoms with Gasteiger partial charge >= 0.3 is 11.9 Å². The number of rotatable bonds is 8. The van der Waals surface area contributed by atoms with E-state index in [1.807, 2.05) is 0 Å². The van der Waals surface area contributed by atoms with Crippen LogP contribution in [0, 0.1) is 0 Å². The van der Waals surface area contributed by atoms with Gasteiger partial charge < -0.3 is 44.5 Å². The number of aliphatic hydroxyl groups excluding tert-OH is 3. The zero-order valence-electron chi connectivity index (χ0n) is 21.3. The number of carbonyl (C=O) groups is 4. The number of hydrogen-bond donors (Lipinski definition) is 5. The molecule has 1 aromatic carbocycles. The largest absolute Gasteiger partial charge is 0.462 e. The van der Waals surface area contributed by atoms with Crippen molar-refractivity contribution in [2.75, 3.05) is 6.61 Å². The molecule has 0 saturated carbocycles. The normalized spacial score (nSPS) is 33.9. The number of Topliss-reactive ketones (excluding diaryl/α,β-unsaturated/α-hetero) is 2. The van der Waals surface area contributed by atoms with Crippen LogP contribution in [0.2, 0.25) is 0 Å². The molecule has 1 fully saturated rings. The van der Waals surface area contributed by atoms with E-state index in [-0.39, 0.29) is 24.2 Å². The molecule has 1 heterocycles. The molecule has 1 aromatic rings. The van der Waals surface area contributed by atoms with Gasteiger partial charge in [-0.25, -0.2) is 9.59 Å². The molecule has 13 nitrogen and oxygen atoms in total. The summed E-state index contributed by atoms with van der Waals surface area (Å²) in [6, 6.07) is 6.07. The Morgan fingerprint density at radius 3 is 2.02 bits per heavy atom. The Labute approximate surface area is 228 Å². The Kier molecular flexibility index (Phi) is 8.83. The Morgan fingerprint density at radius 2 is 1.43 bits per heavy atom. The average Bonchev–Trinajstić information content (AvgIpc) is 2.95. The molecule has 4 rings (SSSR count). The first kappa shape index (κ1) is 29.5. The number of para-hydroxylation sites is 1. The smallest absolute Gasteiger partial charge is 0.350 e. The second kappa shape index (κ2) is 12.0. The SMILES string of the molecule is O=C1CCC=CC1(O)C(=O)OCc1ccccc1OC1OC(COC(=O)C2(O)C=CCCC2=O)C(O)C(O)C1O. The number of allylic oxidation sites excluding steroid dienone is 2. The number of benzene rings is 1. The van der Waals surface area contributed by atoms with Crippen LogP contribution in [0.4, 0.5) is 0 Å². The van der Waals surface area contributed by atoms with Gasteiger partial charge in [0.05, 0.1) is 0 Å². The second-order valence-electron chi connectivity index (χ2n) is 9.68. The van der Waals surface area contributed by atoms with Gasteiger partial charge in [0, 0.05) is 18.4 Å². The van der Waals surface area contributed by atoms with Crippen molar-refractivity contribution in [2.24, 2.45) is 0 Å². The molecule has 216 valence electrons. The van der Waals surface area contributed by atoms with E-state index in [4.69, 9.17) is 18.9 Å². The number of esters is 2. The van der Waals surface area contributed by atoms with Crippen LogP contribution in [0.1, 0.15) is 31.2 Å². The van der Waals surface area contributed by atoms with E-state index in [1.54, 1.807) is 12.1 Å². The van der Waals surface area contributed by atoms with E-state index in [0.29, 0.717) is 12.8 Å². The van der Waals surface area contributed by atoms with Gasteiger partial charge in [0.15, 0.2) is 11.6 Å². The molecule has 1 aliphatic heterocycles. The van der Waals surface area contributed by atoms with Crippen LogP contribution in [0.5, 0.6) is 5.75 Å². The van der Waals surface area contributed by atoms with Gasteiger partial charge in [0.1, 0.15) is 43.4 Å². The molecular formula is C27H30O13. The Morgan fingerprint density at radius 1 is 0.850 bits per heavy atom. The molecule has 0 aromatic heterocycles. The molecule has 40 heavy (non-hydrogen) atoms. The lowest BCUT2D eigenvalue weighted by Crippen LogP contribution is -2.60. The molecule has 0 amide bonds. The summed E-state index contributed by atoms with van der Waals surface area (Å²) in [5, 5.41) is 52.0. The number of ketones is 2. The van der Waals surface area contributed by atoms with Crippen molar-refractivity contribution < 1.29 is 63.7 Å². The third-order valence-electron chi connectivity index (χ3n) is 6.89. The van der Waals surface area contributed by atoms with E-state index in [0.717, 1.165) is 12.2 Å². The van der Waals surface area contributed by atoms with Gasteiger partial charge in [0.2, 0.25) is 17.5 Å². The molecule has 5 N–H and O–H groups in total. The first-order chi connectivity index (χ1) is 19.0. The van der Waals surface area contributed by atoms with Crippen molar-refractivity contribution in [2.45, 2.75) is 74.2 Å². The summed E-state index contributed by atoms with van der Waals surface area (Å²) in [6.45, 7) is -1.14. The monoisotopic (exact) mass is 562 g/mol. The lowest BCUT2D eigenvalue weighted by Gasteiger charge is -2.40. The van der Waals surface area contributed by atoms with Crippen LogP contribution in [-0.4, -0.2) is 97.6 Å². The van der Waals surface area contributed by atoms with Crippen molar-refractivity contribution in [1.82, 2.24) is 0 Å². The summed E-state index contributed by atoms with van der Waals surface area (Å²) in [5.74, 6) is -3.88. The molecule has 1 saturated heterocycles. The van der Waals surface area contributed by atoms with Crippen LogP contribution < -0.4 is 4.74 Å². The van der Waals surface area contributed by atoms with Gasteiger partial charge in [-0.3, -0.25) is 9.59 Å². The Bertz CT molecular complexity index is 1210. The van der Waals surface area contributed by atoms with Crippen molar-refractivity contribution in [1.29, 1.82) is 0 Å². The topological polar surface area (TPSA) is 206 Å². The van der Waals surface area contributed by atoms with Crippen LogP contribution >= 0.6 is 0 Å². The highest BCUT2D eigenvalue weighted by molar-refractivity contribution is 6.10. The lowest BCUT2D eigenvalue weighted by atomic mass is 9.90.